The van der Waals surface area contributed by atoms with Crippen molar-refractivity contribution in [3.05, 3.63) is 35.4 Å². The zero-order chi connectivity index (χ0) is 15.6. The van der Waals surface area contributed by atoms with Gasteiger partial charge in [0.1, 0.15) is 5.75 Å². The number of nitrogens with zero attached hydrogens (tertiary/aromatic N) is 1. The lowest BCUT2D eigenvalue weighted by Crippen LogP contribution is -2.37. The average Bonchev–Trinajstić information content (AvgIpc) is 2.46. The largest absolute Gasteiger partial charge is 0.495 e. The molecule has 0 unspecified atom stereocenters. The predicted octanol–water partition coefficient (Wildman–Crippen LogP) is 2.61. The minimum atomic E-state index is -4.33. The SMILES string of the molecule is COc1cccc(C(=O)N2CC=C(C(F)(F)F)CC2)c1N. The van der Waals surface area contributed by atoms with E-state index in [0.29, 0.717) is 5.75 Å². The molecular weight excluding hydrogens is 285 g/mol. The Labute approximate surface area is 120 Å². The minimum Gasteiger partial charge on any atom is -0.495 e. The Morgan fingerprint density at radius 1 is 1.38 bits per heavy atom. The fourth-order valence-electron chi connectivity index (χ4n) is 2.19. The van der Waals surface area contributed by atoms with Gasteiger partial charge in [-0.05, 0) is 18.6 Å². The number of halogens is 3. The van der Waals surface area contributed by atoms with Crippen LogP contribution in [0, 0.1) is 0 Å². The van der Waals surface area contributed by atoms with Gasteiger partial charge in [0.25, 0.3) is 5.91 Å². The molecule has 0 radical (unpaired) electrons. The van der Waals surface area contributed by atoms with Gasteiger partial charge in [-0.3, -0.25) is 4.79 Å². The van der Waals surface area contributed by atoms with E-state index in [1.807, 2.05) is 0 Å². The quantitative estimate of drug-likeness (QED) is 0.675. The van der Waals surface area contributed by atoms with E-state index in [2.05, 4.69) is 0 Å². The lowest BCUT2D eigenvalue weighted by Gasteiger charge is -2.27. The molecule has 1 amide bonds. The zero-order valence-electron chi connectivity index (χ0n) is 11.4. The number of hydrogen-bond acceptors (Lipinski definition) is 3. The summed E-state index contributed by atoms with van der Waals surface area (Å²) in [4.78, 5) is 13.7. The number of carbonyl (C=O) groups excluding carboxylic acids is 1. The van der Waals surface area contributed by atoms with Crippen molar-refractivity contribution in [2.24, 2.45) is 0 Å². The molecule has 0 fully saturated rings. The lowest BCUT2D eigenvalue weighted by atomic mass is 10.1. The Morgan fingerprint density at radius 2 is 2.10 bits per heavy atom. The molecule has 2 rings (SSSR count). The number of para-hydroxylation sites is 1. The molecule has 1 aliphatic heterocycles. The third-order valence-electron chi connectivity index (χ3n) is 3.38. The summed E-state index contributed by atoms with van der Waals surface area (Å²) in [6.07, 6.45) is -3.50. The first kappa shape index (κ1) is 15.2. The Kier molecular flexibility index (Phi) is 4.11. The number of anilines is 1. The van der Waals surface area contributed by atoms with Crippen molar-refractivity contribution in [1.82, 2.24) is 4.90 Å². The summed E-state index contributed by atoms with van der Waals surface area (Å²) in [6.45, 7) is -0.0643. The summed E-state index contributed by atoms with van der Waals surface area (Å²) in [6, 6.07) is 4.76. The number of amides is 1. The molecule has 0 atom stereocenters. The zero-order valence-corrected chi connectivity index (χ0v) is 11.4. The van der Waals surface area contributed by atoms with E-state index in [4.69, 9.17) is 10.5 Å². The Bertz CT molecular complexity index is 582. The van der Waals surface area contributed by atoms with E-state index in [0.717, 1.165) is 6.08 Å². The number of hydrogen-bond donors (Lipinski definition) is 1. The number of alkyl halides is 3. The molecule has 1 aromatic rings. The summed E-state index contributed by atoms with van der Waals surface area (Å²) in [5, 5.41) is 0. The summed E-state index contributed by atoms with van der Waals surface area (Å²) in [7, 11) is 1.43. The molecule has 1 heterocycles. The maximum Gasteiger partial charge on any atom is 0.412 e. The van der Waals surface area contributed by atoms with E-state index in [9.17, 15) is 18.0 Å². The van der Waals surface area contributed by atoms with Crippen LogP contribution in [0.3, 0.4) is 0 Å². The van der Waals surface area contributed by atoms with Gasteiger partial charge in [-0.1, -0.05) is 12.1 Å². The maximum atomic E-state index is 12.5. The van der Waals surface area contributed by atoms with Crippen molar-refractivity contribution in [1.29, 1.82) is 0 Å². The van der Waals surface area contributed by atoms with E-state index < -0.39 is 17.7 Å². The highest BCUT2D eigenvalue weighted by molar-refractivity contribution is 6.00. The molecule has 0 bridgehead atoms. The topological polar surface area (TPSA) is 55.6 Å². The number of nitrogens with two attached hydrogens (primary N) is 1. The maximum absolute atomic E-state index is 12.5. The first-order valence-corrected chi connectivity index (χ1v) is 6.32. The summed E-state index contributed by atoms with van der Waals surface area (Å²) < 4.78 is 42.7. The van der Waals surface area contributed by atoms with Crippen LogP contribution in [0.1, 0.15) is 16.8 Å². The van der Waals surface area contributed by atoms with E-state index in [-0.39, 0.29) is 30.8 Å². The summed E-state index contributed by atoms with van der Waals surface area (Å²) in [5.41, 5.74) is 5.66. The second-order valence-corrected chi connectivity index (χ2v) is 4.65. The molecule has 0 saturated heterocycles. The van der Waals surface area contributed by atoms with Gasteiger partial charge in [-0.15, -0.1) is 0 Å². The van der Waals surface area contributed by atoms with Crippen LogP contribution in [0.4, 0.5) is 18.9 Å². The van der Waals surface area contributed by atoms with Crippen LogP contribution in [-0.2, 0) is 0 Å². The van der Waals surface area contributed by atoms with Crippen LogP contribution in [0.5, 0.6) is 5.75 Å². The molecule has 114 valence electrons. The van der Waals surface area contributed by atoms with Crippen molar-refractivity contribution in [2.75, 3.05) is 25.9 Å². The van der Waals surface area contributed by atoms with Crippen molar-refractivity contribution >= 4 is 11.6 Å². The van der Waals surface area contributed by atoms with Crippen LogP contribution in [-0.4, -0.2) is 37.2 Å². The van der Waals surface area contributed by atoms with Gasteiger partial charge in [-0.25, -0.2) is 0 Å². The van der Waals surface area contributed by atoms with Crippen molar-refractivity contribution in [3.8, 4) is 5.75 Å². The molecule has 1 aliphatic rings. The average molecular weight is 300 g/mol. The Hall–Kier alpha value is -2.18. The van der Waals surface area contributed by atoms with E-state index >= 15 is 0 Å². The third kappa shape index (κ3) is 3.12. The fourth-order valence-corrected chi connectivity index (χ4v) is 2.19. The van der Waals surface area contributed by atoms with Crippen LogP contribution in [0.2, 0.25) is 0 Å². The molecule has 1 aromatic carbocycles. The second kappa shape index (κ2) is 5.67. The second-order valence-electron chi connectivity index (χ2n) is 4.65. The molecule has 0 saturated carbocycles. The van der Waals surface area contributed by atoms with Gasteiger partial charge in [0, 0.05) is 18.7 Å². The lowest BCUT2D eigenvalue weighted by molar-refractivity contribution is -0.0957. The van der Waals surface area contributed by atoms with Crippen LogP contribution < -0.4 is 10.5 Å². The van der Waals surface area contributed by atoms with Gasteiger partial charge in [0.15, 0.2) is 0 Å². The monoisotopic (exact) mass is 300 g/mol. The van der Waals surface area contributed by atoms with Gasteiger partial charge in [0.2, 0.25) is 0 Å². The number of nitrogen functional groups attached to an aromatic ring is 1. The Morgan fingerprint density at radius 3 is 2.62 bits per heavy atom. The molecule has 21 heavy (non-hydrogen) atoms. The highest BCUT2D eigenvalue weighted by atomic mass is 19.4. The minimum absolute atomic E-state index is 0.0147. The van der Waals surface area contributed by atoms with Gasteiger partial charge >= 0.3 is 6.18 Å². The van der Waals surface area contributed by atoms with Crippen molar-refractivity contribution in [3.63, 3.8) is 0 Å². The van der Waals surface area contributed by atoms with E-state index in [1.165, 1.54) is 18.1 Å². The molecule has 0 spiro atoms. The van der Waals surface area contributed by atoms with E-state index in [1.54, 1.807) is 12.1 Å². The van der Waals surface area contributed by atoms with Gasteiger partial charge in [0.05, 0.1) is 18.4 Å². The molecule has 0 aliphatic carbocycles. The third-order valence-corrected chi connectivity index (χ3v) is 3.38. The number of rotatable bonds is 2. The number of methoxy groups -OCH3 is 1. The highest BCUT2D eigenvalue weighted by Gasteiger charge is 2.35. The first-order chi connectivity index (χ1) is 9.84. The number of carbonyl (C=O) groups is 1. The fraction of sp³-hybridized carbons (Fsp3) is 0.357. The van der Waals surface area contributed by atoms with Crippen molar-refractivity contribution < 1.29 is 22.7 Å². The number of benzene rings is 1. The normalized spacial score (nSPS) is 15.6. The molecule has 4 nitrogen and oxygen atoms in total. The smallest absolute Gasteiger partial charge is 0.412 e. The standard InChI is InChI=1S/C14H15F3N2O2/c1-21-11-4-2-3-10(12(11)18)13(20)19-7-5-9(6-8-19)14(15,16)17/h2-5H,6-8,18H2,1H3. The molecular formula is C14H15F3N2O2. The summed E-state index contributed by atoms with van der Waals surface area (Å²) >= 11 is 0. The molecule has 7 heteroatoms. The van der Waals surface area contributed by atoms with Crippen LogP contribution in [0.15, 0.2) is 29.8 Å². The van der Waals surface area contributed by atoms with Gasteiger partial charge < -0.3 is 15.4 Å². The summed E-state index contributed by atoms with van der Waals surface area (Å²) in [5.74, 6) is -0.0340. The number of ether oxygens (including phenoxy) is 1. The van der Waals surface area contributed by atoms with Gasteiger partial charge in [-0.2, -0.15) is 13.2 Å². The highest BCUT2D eigenvalue weighted by Crippen LogP contribution is 2.31. The Balaban J connectivity index is 2.18. The van der Waals surface area contributed by atoms with Crippen LogP contribution >= 0.6 is 0 Å². The predicted molar refractivity (Wildman–Crippen MR) is 72.1 cm³/mol. The molecule has 0 aromatic heterocycles. The van der Waals surface area contributed by atoms with Crippen LogP contribution in [0.25, 0.3) is 0 Å². The molecule has 2 N–H and O–H groups in total. The van der Waals surface area contributed by atoms with Crippen molar-refractivity contribution in [2.45, 2.75) is 12.6 Å². The first-order valence-electron chi connectivity index (χ1n) is 6.32.